The van der Waals surface area contributed by atoms with Crippen LogP contribution in [0.5, 0.6) is 0 Å². The molecule has 1 aromatic carbocycles. The molecule has 114 valence electrons. The second-order valence-electron chi connectivity index (χ2n) is 6.68. The molecular formula is C18H27N3. The molecule has 0 amide bonds. The lowest BCUT2D eigenvalue weighted by atomic mass is 9.68. The van der Waals surface area contributed by atoms with Gasteiger partial charge in [0.1, 0.15) is 0 Å². The van der Waals surface area contributed by atoms with Crippen LogP contribution in [0.2, 0.25) is 0 Å². The fourth-order valence-corrected chi connectivity index (χ4v) is 3.73. The summed E-state index contributed by atoms with van der Waals surface area (Å²) in [6.07, 6.45) is 6.68. The minimum atomic E-state index is 0.633. The highest BCUT2D eigenvalue weighted by Crippen LogP contribution is 2.47. The molecule has 0 bridgehead atoms. The molecule has 2 fully saturated rings. The predicted octanol–water partition coefficient (Wildman–Crippen LogP) is 2.99. The van der Waals surface area contributed by atoms with Crippen molar-refractivity contribution in [3.05, 3.63) is 35.4 Å². The minimum Gasteiger partial charge on any atom is -0.356 e. The number of likely N-dealkylation sites (tertiary alicyclic amines) is 1. The normalized spacial score (nSPS) is 20.7. The zero-order valence-corrected chi connectivity index (χ0v) is 13.4. The van der Waals surface area contributed by atoms with Crippen LogP contribution < -0.4 is 5.32 Å². The summed E-state index contributed by atoms with van der Waals surface area (Å²) in [6.45, 7) is 5.52. The van der Waals surface area contributed by atoms with E-state index in [0.717, 1.165) is 18.9 Å². The molecule has 1 aliphatic heterocycles. The van der Waals surface area contributed by atoms with Gasteiger partial charge in [-0.1, -0.05) is 30.7 Å². The quantitative estimate of drug-likeness (QED) is 0.683. The number of benzene rings is 1. The predicted molar refractivity (Wildman–Crippen MR) is 88.7 cm³/mol. The summed E-state index contributed by atoms with van der Waals surface area (Å²) in [7, 11) is 1.90. The van der Waals surface area contributed by atoms with Gasteiger partial charge in [0, 0.05) is 26.7 Å². The SMILES string of the molecule is CN=C(NCCc1ccccc1C)N1CCC2(CCC2)C1. The lowest BCUT2D eigenvalue weighted by Gasteiger charge is -2.38. The third kappa shape index (κ3) is 3.07. The lowest BCUT2D eigenvalue weighted by Crippen LogP contribution is -2.43. The number of nitrogens with one attached hydrogen (secondary N) is 1. The molecule has 3 nitrogen and oxygen atoms in total. The highest BCUT2D eigenvalue weighted by atomic mass is 15.3. The van der Waals surface area contributed by atoms with Crippen LogP contribution in [-0.4, -0.2) is 37.5 Å². The smallest absolute Gasteiger partial charge is 0.193 e. The van der Waals surface area contributed by atoms with Gasteiger partial charge < -0.3 is 10.2 Å². The number of aliphatic imine (C=N–C) groups is 1. The summed E-state index contributed by atoms with van der Waals surface area (Å²) in [5.41, 5.74) is 3.44. The maximum absolute atomic E-state index is 4.48. The molecule has 0 radical (unpaired) electrons. The van der Waals surface area contributed by atoms with Crippen LogP contribution in [-0.2, 0) is 6.42 Å². The van der Waals surface area contributed by atoms with E-state index in [9.17, 15) is 0 Å². The number of nitrogens with zero attached hydrogens (tertiary/aromatic N) is 2. The van der Waals surface area contributed by atoms with E-state index in [1.165, 1.54) is 49.9 Å². The monoisotopic (exact) mass is 285 g/mol. The van der Waals surface area contributed by atoms with Gasteiger partial charge in [-0.2, -0.15) is 0 Å². The Bertz CT molecular complexity index is 517. The maximum atomic E-state index is 4.48. The fourth-order valence-electron chi connectivity index (χ4n) is 3.73. The summed E-state index contributed by atoms with van der Waals surface area (Å²) in [5, 5.41) is 3.55. The Kier molecular flexibility index (Phi) is 4.18. The van der Waals surface area contributed by atoms with Gasteiger partial charge >= 0.3 is 0 Å². The molecule has 1 saturated heterocycles. The molecule has 0 atom stereocenters. The van der Waals surface area contributed by atoms with Gasteiger partial charge in [0.25, 0.3) is 0 Å². The van der Waals surface area contributed by atoms with Crippen LogP contribution in [0.25, 0.3) is 0 Å². The Morgan fingerprint density at radius 1 is 1.29 bits per heavy atom. The van der Waals surface area contributed by atoms with Crippen LogP contribution in [0.15, 0.2) is 29.3 Å². The summed E-state index contributed by atoms with van der Waals surface area (Å²) in [5.74, 6) is 1.09. The molecule has 1 heterocycles. The van der Waals surface area contributed by atoms with Gasteiger partial charge in [0.2, 0.25) is 0 Å². The first-order valence-electron chi connectivity index (χ1n) is 8.23. The molecule has 2 aliphatic rings. The van der Waals surface area contributed by atoms with Crippen molar-refractivity contribution >= 4 is 5.96 Å². The lowest BCUT2D eigenvalue weighted by molar-refractivity contribution is 0.151. The Morgan fingerprint density at radius 2 is 2.10 bits per heavy atom. The van der Waals surface area contributed by atoms with E-state index in [4.69, 9.17) is 0 Å². The first-order valence-corrected chi connectivity index (χ1v) is 8.23. The van der Waals surface area contributed by atoms with Crippen molar-refractivity contribution in [3.8, 4) is 0 Å². The van der Waals surface area contributed by atoms with E-state index < -0.39 is 0 Å². The third-order valence-corrected chi connectivity index (χ3v) is 5.30. The Balaban J connectivity index is 1.51. The first kappa shape index (κ1) is 14.4. The van der Waals surface area contributed by atoms with Crippen LogP contribution in [0.3, 0.4) is 0 Å². The molecule has 21 heavy (non-hydrogen) atoms. The van der Waals surface area contributed by atoms with E-state index in [1.807, 2.05) is 7.05 Å². The molecule has 3 rings (SSSR count). The van der Waals surface area contributed by atoms with Gasteiger partial charge in [0.15, 0.2) is 5.96 Å². The van der Waals surface area contributed by atoms with Gasteiger partial charge in [-0.05, 0) is 49.1 Å². The van der Waals surface area contributed by atoms with Crippen molar-refractivity contribution in [2.75, 3.05) is 26.7 Å². The highest BCUT2D eigenvalue weighted by molar-refractivity contribution is 5.80. The first-order chi connectivity index (χ1) is 10.2. The zero-order valence-electron chi connectivity index (χ0n) is 13.4. The molecule has 1 N–H and O–H groups in total. The minimum absolute atomic E-state index is 0.633. The molecule has 1 spiro atoms. The van der Waals surface area contributed by atoms with Gasteiger partial charge in [0.05, 0.1) is 0 Å². The number of rotatable bonds is 3. The van der Waals surface area contributed by atoms with Crippen LogP contribution >= 0.6 is 0 Å². The Morgan fingerprint density at radius 3 is 2.71 bits per heavy atom. The molecule has 1 aliphatic carbocycles. The average Bonchev–Trinajstić information content (AvgIpc) is 2.91. The van der Waals surface area contributed by atoms with Crippen molar-refractivity contribution in [2.24, 2.45) is 10.4 Å². The summed E-state index contributed by atoms with van der Waals surface area (Å²) in [6, 6.07) is 8.63. The molecule has 0 unspecified atom stereocenters. The summed E-state index contributed by atoms with van der Waals surface area (Å²) < 4.78 is 0. The number of hydrogen-bond acceptors (Lipinski definition) is 1. The summed E-state index contributed by atoms with van der Waals surface area (Å²) in [4.78, 5) is 6.93. The van der Waals surface area contributed by atoms with Crippen molar-refractivity contribution < 1.29 is 0 Å². The number of guanidine groups is 1. The summed E-state index contributed by atoms with van der Waals surface area (Å²) >= 11 is 0. The standard InChI is InChI=1S/C18H27N3/c1-15-6-3-4-7-16(15)8-12-20-17(19-2)21-13-11-18(14-21)9-5-10-18/h3-4,6-7H,5,8-14H2,1-2H3,(H,19,20). The Labute approximate surface area is 128 Å². The van der Waals surface area contributed by atoms with Gasteiger partial charge in [-0.3, -0.25) is 4.99 Å². The van der Waals surface area contributed by atoms with Crippen molar-refractivity contribution in [1.29, 1.82) is 0 Å². The molecule has 0 aromatic heterocycles. The topological polar surface area (TPSA) is 27.6 Å². The number of hydrogen-bond donors (Lipinski definition) is 1. The molecule has 1 aromatic rings. The van der Waals surface area contributed by atoms with Crippen molar-refractivity contribution in [1.82, 2.24) is 10.2 Å². The van der Waals surface area contributed by atoms with Crippen molar-refractivity contribution in [3.63, 3.8) is 0 Å². The van der Waals surface area contributed by atoms with E-state index in [2.05, 4.69) is 46.4 Å². The van der Waals surface area contributed by atoms with E-state index in [-0.39, 0.29) is 0 Å². The molecule has 1 saturated carbocycles. The second kappa shape index (κ2) is 6.08. The average molecular weight is 285 g/mol. The maximum Gasteiger partial charge on any atom is 0.193 e. The van der Waals surface area contributed by atoms with E-state index >= 15 is 0 Å². The number of aryl methyl sites for hydroxylation is 1. The Hall–Kier alpha value is -1.51. The largest absolute Gasteiger partial charge is 0.356 e. The van der Waals surface area contributed by atoms with Gasteiger partial charge in [-0.15, -0.1) is 0 Å². The van der Waals surface area contributed by atoms with Crippen LogP contribution in [0, 0.1) is 12.3 Å². The molecular weight excluding hydrogens is 258 g/mol. The second-order valence-corrected chi connectivity index (χ2v) is 6.68. The van der Waals surface area contributed by atoms with Gasteiger partial charge in [-0.25, -0.2) is 0 Å². The van der Waals surface area contributed by atoms with Crippen molar-refractivity contribution in [2.45, 2.75) is 39.0 Å². The van der Waals surface area contributed by atoms with E-state index in [0.29, 0.717) is 5.41 Å². The highest BCUT2D eigenvalue weighted by Gasteiger charge is 2.43. The van der Waals surface area contributed by atoms with Crippen LogP contribution in [0.1, 0.15) is 36.8 Å². The third-order valence-electron chi connectivity index (χ3n) is 5.30. The zero-order chi connectivity index (χ0) is 14.7. The van der Waals surface area contributed by atoms with E-state index in [1.54, 1.807) is 0 Å². The molecule has 3 heteroatoms. The van der Waals surface area contributed by atoms with Crippen LogP contribution in [0.4, 0.5) is 0 Å². The fraction of sp³-hybridized carbons (Fsp3) is 0.611.